The highest BCUT2D eigenvalue weighted by Crippen LogP contribution is 2.35. The summed E-state index contributed by atoms with van der Waals surface area (Å²) in [5.41, 5.74) is 2.97. The van der Waals surface area contributed by atoms with Crippen molar-refractivity contribution in [1.29, 1.82) is 0 Å². The molecular formula is C29H24ClFN8O2. The first-order valence-corrected chi connectivity index (χ1v) is 13.4. The third kappa shape index (κ3) is 5.31. The van der Waals surface area contributed by atoms with E-state index in [-0.39, 0.29) is 11.7 Å². The van der Waals surface area contributed by atoms with Gasteiger partial charge in [-0.15, -0.1) is 0 Å². The van der Waals surface area contributed by atoms with Gasteiger partial charge in [0, 0.05) is 24.7 Å². The largest absolute Gasteiger partial charge is 0.355 e. The van der Waals surface area contributed by atoms with Crippen molar-refractivity contribution in [1.82, 2.24) is 29.8 Å². The van der Waals surface area contributed by atoms with Gasteiger partial charge in [-0.3, -0.25) is 14.3 Å². The molecular weight excluding hydrogens is 547 g/mol. The molecule has 3 aromatic heterocycles. The molecule has 0 bridgehead atoms. The quantitative estimate of drug-likeness (QED) is 0.267. The summed E-state index contributed by atoms with van der Waals surface area (Å²) >= 11 is 6.58. The highest BCUT2D eigenvalue weighted by atomic mass is 35.5. The maximum absolute atomic E-state index is 13.9. The van der Waals surface area contributed by atoms with Crippen molar-refractivity contribution in [2.75, 3.05) is 23.3 Å². The first-order valence-electron chi connectivity index (χ1n) is 13.0. The first-order chi connectivity index (χ1) is 20.0. The van der Waals surface area contributed by atoms with E-state index in [9.17, 15) is 14.0 Å². The van der Waals surface area contributed by atoms with Crippen LogP contribution < -0.4 is 15.5 Å². The Kier molecular flexibility index (Phi) is 7.26. The lowest BCUT2D eigenvalue weighted by atomic mass is 10.1. The molecule has 2 N–H and O–H groups in total. The van der Waals surface area contributed by atoms with Crippen LogP contribution in [0.5, 0.6) is 0 Å². The number of piperidine rings is 1. The van der Waals surface area contributed by atoms with E-state index in [0.29, 0.717) is 77.0 Å². The molecule has 41 heavy (non-hydrogen) atoms. The molecule has 1 fully saturated rings. The van der Waals surface area contributed by atoms with E-state index in [2.05, 4.69) is 30.5 Å². The zero-order valence-electron chi connectivity index (χ0n) is 21.7. The number of benzene rings is 2. The van der Waals surface area contributed by atoms with Crippen molar-refractivity contribution in [3.8, 4) is 17.1 Å². The number of hydrogen-bond acceptors (Lipinski definition) is 7. The maximum Gasteiger partial charge on any atom is 0.319 e. The fraction of sp³-hybridized carbons (Fsp3) is 0.172. The summed E-state index contributed by atoms with van der Waals surface area (Å²) in [7, 11) is 0. The normalized spacial score (nSPS) is 13.8. The van der Waals surface area contributed by atoms with Gasteiger partial charge in [0.1, 0.15) is 23.7 Å². The zero-order chi connectivity index (χ0) is 28.3. The van der Waals surface area contributed by atoms with E-state index in [0.717, 1.165) is 0 Å². The molecule has 0 spiro atoms. The minimum atomic E-state index is -0.490. The molecule has 12 heteroatoms. The van der Waals surface area contributed by atoms with Gasteiger partial charge < -0.3 is 15.5 Å². The van der Waals surface area contributed by atoms with Crippen molar-refractivity contribution in [2.45, 2.75) is 18.9 Å². The molecule has 0 unspecified atom stereocenters. The number of nitrogens with zero attached hydrogens (tertiary/aromatic N) is 6. The number of rotatable bonds is 6. The van der Waals surface area contributed by atoms with Crippen LogP contribution in [0.25, 0.3) is 28.2 Å². The number of urea groups is 1. The predicted molar refractivity (Wildman–Crippen MR) is 154 cm³/mol. The number of amides is 2. The lowest BCUT2D eigenvalue weighted by Gasteiger charge is -2.33. The van der Waals surface area contributed by atoms with Gasteiger partial charge in [-0.05, 0) is 49.2 Å². The van der Waals surface area contributed by atoms with Crippen LogP contribution in [0.15, 0.2) is 73.2 Å². The highest BCUT2D eigenvalue weighted by molar-refractivity contribution is 6.33. The van der Waals surface area contributed by atoms with Crippen molar-refractivity contribution in [3.05, 3.63) is 89.7 Å². The van der Waals surface area contributed by atoms with Crippen molar-refractivity contribution >= 4 is 46.6 Å². The zero-order valence-corrected chi connectivity index (χ0v) is 22.4. The summed E-state index contributed by atoms with van der Waals surface area (Å²) in [5, 5.41) is 6.03. The Morgan fingerprint density at radius 2 is 1.78 bits per heavy atom. The fourth-order valence-corrected chi connectivity index (χ4v) is 5.14. The molecule has 0 saturated carbocycles. The number of imidazole rings is 1. The first kappa shape index (κ1) is 26.3. The van der Waals surface area contributed by atoms with Crippen LogP contribution >= 0.6 is 11.6 Å². The molecule has 1 saturated heterocycles. The number of carbonyl (C=O) groups excluding carboxylic acids is 2. The second-order valence-corrected chi connectivity index (χ2v) is 9.93. The molecule has 0 atom stereocenters. The van der Waals surface area contributed by atoms with Crippen molar-refractivity contribution in [3.63, 3.8) is 0 Å². The lowest BCUT2D eigenvalue weighted by molar-refractivity contribution is 0.111. The Balaban J connectivity index is 1.28. The van der Waals surface area contributed by atoms with Gasteiger partial charge in [0.15, 0.2) is 23.3 Å². The second-order valence-electron chi connectivity index (χ2n) is 9.52. The maximum atomic E-state index is 13.9. The Labute approximate surface area is 239 Å². The standard InChI is InChI=1S/C29H24ClFN8O2/c30-22-6-2-1-5-21(22)26-37-25-27(33-17-34-28(25)39(26)20-10-9-19(16-40)32-15-20)38-13-11-18(12-14-38)35-29(41)36-24-8-4-3-7-23(24)31/h1-10,15-18H,11-14H2,(H2,35,36,41). The molecule has 10 nitrogen and oxygen atoms in total. The van der Waals surface area contributed by atoms with E-state index in [4.69, 9.17) is 16.6 Å². The topological polar surface area (TPSA) is 118 Å². The van der Waals surface area contributed by atoms with Gasteiger partial charge in [-0.25, -0.2) is 24.1 Å². The van der Waals surface area contributed by atoms with Gasteiger partial charge in [-0.2, -0.15) is 0 Å². The molecule has 2 aromatic carbocycles. The van der Waals surface area contributed by atoms with E-state index in [1.165, 1.54) is 18.5 Å². The number of nitrogens with one attached hydrogen (secondary N) is 2. The molecule has 4 heterocycles. The lowest BCUT2D eigenvalue weighted by Crippen LogP contribution is -2.46. The average molecular weight is 571 g/mol. The molecule has 206 valence electrons. The van der Waals surface area contributed by atoms with Crippen LogP contribution in [0.1, 0.15) is 23.3 Å². The third-order valence-corrected chi connectivity index (χ3v) is 7.27. The fourth-order valence-electron chi connectivity index (χ4n) is 4.92. The van der Waals surface area contributed by atoms with Crippen LogP contribution in [-0.4, -0.2) is 56.0 Å². The van der Waals surface area contributed by atoms with Gasteiger partial charge in [0.05, 0.1) is 22.6 Å². The number of halogens is 2. The molecule has 5 aromatic rings. The minimum absolute atomic E-state index is 0.0889. The number of para-hydroxylation sites is 1. The molecule has 1 aliphatic heterocycles. The monoisotopic (exact) mass is 570 g/mol. The van der Waals surface area contributed by atoms with E-state index in [1.807, 2.05) is 22.8 Å². The Bertz CT molecular complexity index is 1740. The summed E-state index contributed by atoms with van der Waals surface area (Å²) < 4.78 is 15.8. The van der Waals surface area contributed by atoms with E-state index in [1.54, 1.807) is 36.5 Å². The number of pyridine rings is 1. The average Bonchev–Trinajstić information content (AvgIpc) is 3.38. The molecule has 2 amide bonds. The molecule has 1 aliphatic rings. The van der Waals surface area contributed by atoms with Crippen LogP contribution in [0, 0.1) is 5.82 Å². The van der Waals surface area contributed by atoms with Crippen molar-refractivity contribution in [2.24, 2.45) is 0 Å². The smallest absolute Gasteiger partial charge is 0.319 e. The third-order valence-electron chi connectivity index (χ3n) is 6.94. The van der Waals surface area contributed by atoms with Crippen molar-refractivity contribution < 1.29 is 14.0 Å². The van der Waals surface area contributed by atoms with Gasteiger partial charge in [0.25, 0.3) is 0 Å². The number of anilines is 2. The number of aromatic nitrogens is 5. The summed E-state index contributed by atoms with van der Waals surface area (Å²) in [6.07, 6.45) is 5.09. The van der Waals surface area contributed by atoms with Gasteiger partial charge >= 0.3 is 6.03 Å². The summed E-state index contributed by atoms with van der Waals surface area (Å²) in [5.74, 6) is 0.736. The Morgan fingerprint density at radius 3 is 2.51 bits per heavy atom. The molecule has 0 radical (unpaired) electrons. The predicted octanol–water partition coefficient (Wildman–Crippen LogP) is 5.27. The Morgan fingerprint density at radius 1 is 1.00 bits per heavy atom. The molecule has 6 rings (SSSR count). The summed E-state index contributed by atoms with van der Waals surface area (Å²) in [4.78, 5) is 44.1. The van der Waals surface area contributed by atoms with Crippen LogP contribution in [0.3, 0.4) is 0 Å². The Hall–Kier alpha value is -4.90. The van der Waals surface area contributed by atoms with Gasteiger partial charge in [-0.1, -0.05) is 35.9 Å². The minimum Gasteiger partial charge on any atom is -0.355 e. The van der Waals surface area contributed by atoms with E-state index >= 15 is 0 Å². The second kappa shape index (κ2) is 11.3. The highest BCUT2D eigenvalue weighted by Gasteiger charge is 2.26. The van der Waals surface area contributed by atoms with Gasteiger partial charge in [0.2, 0.25) is 0 Å². The number of aldehydes is 1. The molecule has 0 aliphatic carbocycles. The number of fused-ring (bicyclic) bond motifs is 1. The van der Waals surface area contributed by atoms with E-state index < -0.39 is 11.8 Å². The summed E-state index contributed by atoms with van der Waals surface area (Å²) in [6.45, 7) is 1.22. The summed E-state index contributed by atoms with van der Waals surface area (Å²) in [6, 6.07) is 16.3. The van der Waals surface area contributed by atoms with Crippen LogP contribution in [0.4, 0.5) is 20.7 Å². The number of carbonyl (C=O) groups is 2. The van der Waals surface area contributed by atoms with Crippen LogP contribution in [-0.2, 0) is 0 Å². The number of hydrogen-bond donors (Lipinski definition) is 2. The van der Waals surface area contributed by atoms with Crippen LogP contribution in [0.2, 0.25) is 5.02 Å². The SMILES string of the molecule is O=Cc1ccc(-n2c(-c3ccccc3Cl)nc3c(N4CCC(NC(=O)Nc5ccccc5F)CC4)ncnc32)cn1.